The Morgan fingerprint density at radius 1 is 1.38 bits per heavy atom. The first-order chi connectivity index (χ1) is 14.1. The summed E-state index contributed by atoms with van der Waals surface area (Å²) in [5.41, 5.74) is 0.747. The molecule has 0 saturated carbocycles. The smallest absolute Gasteiger partial charge is 0.317 e. The number of nitrogens with one attached hydrogen (secondary N) is 1. The minimum Gasteiger partial charge on any atom is -0.381 e. The molecule has 4 rings (SSSR count). The second kappa shape index (κ2) is 8.49. The van der Waals surface area contributed by atoms with E-state index in [0.29, 0.717) is 50.5 Å². The Kier molecular flexibility index (Phi) is 5.80. The predicted molar refractivity (Wildman–Crippen MR) is 107 cm³/mol. The number of aromatic nitrogens is 3. The second-order valence-corrected chi connectivity index (χ2v) is 8.52. The van der Waals surface area contributed by atoms with Gasteiger partial charge in [-0.3, -0.25) is 4.98 Å². The largest absolute Gasteiger partial charge is 0.381 e. The predicted octanol–water partition coefficient (Wildman–Crippen LogP) is 3.08. The third-order valence-electron chi connectivity index (χ3n) is 6.08. The first-order valence-corrected chi connectivity index (χ1v) is 10.4. The van der Waals surface area contributed by atoms with Gasteiger partial charge < -0.3 is 19.5 Å². The molecule has 1 atom stereocenters. The average molecular weight is 399 g/mol. The molecule has 2 aromatic rings. The van der Waals surface area contributed by atoms with Gasteiger partial charge in [-0.1, -0.05) is 19.0 Å². The van der Waals surface area contributed by atoms with Crippen LogP contribution in [0.1, 0.15) is 44.9 Å². The number of hydrogen-bond acceptors (Lipinski definition) is 6. The summed E-state index contributed by atoms with van der Waals surface area (Å²) in [7, 11) is 0. The lowest BCUT2D eigenvalue weighted by Gasteiger charge is -2.36. The van der Waals surface area contributed by atoms with Crippen molar-refractivity contribution in [2.45, 2.75) is 39.0 Å². The van der Waals surface area contributed by atoms with Crippen LogP contribution in [0.3, 0.4) is 0 Å². The van der Waals surface area contributed by atoms with Gasteiger partial charge in [-0.05, 0) is 37.3 Å². The van der Waals surface area contributed by atoms with E-state index >= 15 is 0 Å². The molecule has 2 aromatic heterocycles. The average Bonchev–Trinajstić information content (AvgIpc) is 3.34. The van der Waals surface area contributed by atoms with Crippen LogP contribution in [0.5, 0.6) is 0 Å². The third-order valence-corrected chi connectivity index (χ3v) is 6.08. The molecule has 2 aliphatic rings. The molecular formula is C21H29N5O3. The van der Waals surface area contributed by atoms with Crippen molar-refractivity contribution >= 4 is 6.03 Å². The highest BCUT2D eigenvalue weighted by Crippen LogP contribution is 2.49. The summed E-state index contributed by atoms with van der Waals surface area (Å²) in [4.78, 5) is 23.5. The molecule has 156 valence electrons. The zero-order valence-electron chi connectivity index (χ0n) is 17.1. The molecule has 2 fully saturated rings. The molecule has 0 aromatic carbocycles. The lowest BCUT2D eigenvalue weighted by atomic mass is 9.72. The van der Waals surface area contributed by atoms with E-state index in [9.17, 15) is 4.79 Å². The van der Waals surface area contributed by atoms with Crippen molar-refractivity contribution in [3.05, 3.63) is 30.4 Å². The van der Waals surface area contributed by atoms with Crippen LogP contribution < -0.4 is 5.32 Å². The summed E-state index contributed by atoms with van der Waals surface area (Å²) < 4.78 is 11.3. The van der Waals surface area contributed by atoms with Crippen LogP contribution in [0.15, 0.2) is 29.0 Å². The summed E-state index contributed by atoms with van der Waals surface area (Å²) in [6.07, 6.45) is 6.19. The molecule has 2 saturated heterocycles. The van der Waals surface area contributed by atoms with Crippen molar-refractivity contribution < 1.29 is 14.1 Å². The van der Waals surface area contributed by atoms with Crippen molar-refractivity contribution in [1.29, 1.82) is 0 Å². The fourth-order valence-electron chi connectivity index (χ4n) is 4.32. The van der Waals surface area contributed by atoms with Gasteiger partial charge in [0.1, 0.15) is 0 Å². The van der Waals surface area contributed by atoms with Crippen molar-refractivity contribution in [3.63, 3.8) is 0 Å². The fraction of sp³-hybridized carbons (Fsp3) is 0.619. The molecule has 29 heavy (non-hydrogen) atoms. The summed E-state index contributed by atoms with van der Waals surface area (Å²) in [5.74, 6) is 1.71. The molecule has 0 radical (unpaired) electrons. The van der Waals surface area contributed by atoms with Crippen LogP contribution in [0.4, 0.5) is 4.79 Å². The van der Waals surface area contributed by atoms with Gasteiger partial charge in [0.05, 0.1) is 5.92 Å². The lowest BCUT2D eigenvalue weighted by molar-refractivity contribution is 0.00943. The van der Waals surface area contributed by atoms with Gasteiger partial charge >= 0.3 is 6.03 Å². The first-order valence-electron chi connectivity index (χ1n) is 10.4. The Balaban J connectivity index is 1.53. The standard InChI is InChI=1S/C21H29N5O3/c1-15(2)5-9-23-20(27)26-13-17(21(14-26)6-10-28-11-7-21)19-24-18(25-29-19)16-4-3-8-22-12-16/h3-4,8,12,15,17H,5-7,9-11,13-14H2,1-2H3,(H,23,27)/t17-/m1/s1. The maximum atomic E-state index is 12.8. The number of carbonyl (C=O) groups is 1. The van der Waals surface area contributed by atoms with Gasteiger partial charge in [0, 0.05) is 56.2 Å². The minimum absolute atomic E-state index is 0.00832. The third kappa shape index (κ3) is 4.27. The molecule has 0 unspecified atom stereocenters. The Morgan fingerprint density at radius 2 is 2.21 bits per heavy atom. The Hall–Kier alpha value is -2.48. The minimum atomic E-state index is -0.0770. The van der Waals surface area contributed by atoms with Gasteiger partial charge in [0.15, 0.2) is 0 Å². The highest BCUT2D eigenvalue weighted by molar-refractivity contribution is 5.74. The normalized spacial score (nSPS) is 21.1. The zero-order chi connectivity index (χ0) is 20.3. The number of nitrogens with zero attached hydrogens (tertiary/aromatic N) is 4. The zero-order valence-corrected chi connectivity index (χ0v) is 17.1. The molecule has 2 amide bonds. The van der Waals surface area contributed by atoms with E-state index in [1.807, 2.05) is 17.0 Å². The van der Waals surface area contributed by atoms with Crippen LogP contribution in [0.2, 0.25) is 0 Å². The SMILES string of the molecule is CC(C)CCNC(=O)N1C[C@H](c2nc(-c3cccnc3)no2)C2(CCOCC2)C1. The summed E-state index contributed by atoms with van der Waals surface area (Å²) >= 11 is 0. The maximum Gasteiger partial charge on any atom is 0.317 e. The van der Waals surface area contributed by atoms with Crippen molar-refractivity contribution in [2.75, 3.05) is 32.8 Å². The number of likely N-dealkylation sites (tertiary alicyclic amines) is 1. The van der Waals surface area contributed by atoms with E-state index in [-0.39, 0.29) is 17.4 Å². The fourth-order valence-corrected chi connectivity index (χ4v) is 4.32. The van der Waals surface area contributed by atoms with E-state index in [0.717, 1.165) is 24.8 Å². The molecule has 0 bridgehead atoms. The number of pyridine rings is 1. The quantitative estimate of drug-likeness (QED) is 0.830. The molecule has 1 spiro atoms. The van der Waals surface area contributed by atoms with E-state index in [1.54, 1.807) is 12.4 Å². The van der Waals surface area contributed by atoms with Crippen LogP contribution in [0.25, 0.3) is 11.4 Å². The Labute approximate surface area is 171 Å². The van der Waals surface area contributed by atoms with Gasteiger partial charge in [-0.15, -0.1) is 0 Å². The molecular weight excluding hydrogens is 370 g/mol. The van der Waals surface area contributed by atoms with Crippen LogP contribution in [-0.4, -0.2) is 58.9 Å². The highest BCUT2D eigenvalue weighted by Gasteiger charge is 2.51. The molecule has 8 heteroatoms. The van der Waals surface area contributed by atoms with Crippen molar-refractivity contribution in [3.8, 4) is 11.4 Å². The van der Waals surface area contributed by atoms with E-state index < -0.39 is 0 Å². The number of carbonyl (C=O) groups excluding carboxylic acids is 1. The second-order valence-electron chi connectivity index (χ2n) is 8.52. The van der Waals surface area contributed by atoms with Gasteiger partial charge in [0.2, 0.25) is 11.7 Å². The van der Waals surface area contributed by atoms with E-state index in [2.05, 4.69) is 34.3 Å². The highest BCUT2D eigenvalue weighted by atomic mass is 16.5. The van der Waals surface area contributed by atoms with Crippen molar-refractivity contribution in [2.24, 2.45) is 11.3 Å². The number of hydrogen-bond donors (Lipinski definition) is 1. The Bertz CT molecular complexity index is 817. The molecule has 4 heterocycles. The topological polar surface area (TPSA) is 93.4 Å². The molecule has 1 N–H and O–H groups in total. The van der Waals surface area contributed by atoms with Gasteiger partial charge in [0.25, 0.3) is 0 Å². The Morgan fingerprint density at radius 3 is 2.93 bits per heavy atom. The van der Waals surface area contributed by atoms with Gasteiger partial charge in [-0.2, -0.15) is 4.98 Å². The van der Waals surface area contributed by atoms with E-state index in [4.69, 9.17) is 9.26 Å². The molecule has 8 nitrogen and oxygen atoms in total. The number of urea groups is 1. The number of rotatable bonds is 5. The van der Waals surface area contributed by atoms with Crippen LogP contribution in [0, 0.1) is 11.3 Å². The monoisotopic (exact) mass is 399 g/mol. The lowest BCUT2D eigenvalue weighted by Crippen LogP contribution is -2.41. The van der Waals surface area contributed by atoms with Crippen LogP contribution in [-0.2, 0) is 4.74 Å². The number of amides is 2. The number of ether oxygens (including phenoxy) is 1. The van der Waals surface area contributed by atoms with Crippen molar-refractivity contribution in [1.82, 2.24) is 25.3 Å². The van der Waals surface area contributed by atoms with E-state index in [1.165, 1.54) is 0 Å². The van der Waals surface area contributed by atoms with Gasteiger partial charge in [-0.25, -0.2) is 4.79 Å². The summed E-state index contributed by atoms with van der Waals surface area (Å²) in [5, 5.41) is 7.23. The molecule has 2 aliphatic heterocycles. The maximum absolute atomic E-state index is 12.8. The first kappa shape index (κ1) is 19.8. The van der Waals surface area contributed by atoms with Crippen LogP contribution >= 0.6 is 0 Å². The summed E-state index contributed by atoms with van der Waals surface area (Å²) in [6.45, 7) is 7.68. The molecule has 0 aliphatic carbocycles. The summed E-state index contributed by atoms with van der Waals surface area (Å²) in [6, 6.07) is 3.75.